The smallest absolute Gasteiger partial charge is 0.438 e. The quantitative estimate of drug-likeness (QED) is 0.546. The number of rotatable bonds is 2. The van der Waals surface area contributed by atoms with Gasteiger partial charge in [0.1, 0.15) is 0 Å². The fraction of sp³-hybridized carbons (Fsp3) is 0.750. The first-order valence-corrected chi connectivity index (χ1v) is 4.63. The van der Waals surface area contributed by atoms with Gasteiger partial charge in [-0.1, -0.05) is 0 Å². The van der Waals surface area contributed by atoms with Crippen LogP contribution in [0.5, 0.6) is 0 Å². The van der Waals surface area contributed by atoms with Gasteiger partial charge in [0.15, 0.2) is 0 Å². The van der Waals surface area contributed by atoms with Crippen molar-refractivity contribution >= 4 is 13.8 Å². The highest BCUT2D eigenvalue weighted by atomic mass is 31.2. The first-order chi connectivity index (χ1) is 6.09. The Morgan fingerprint density at radius 2 is 1.86 bits per heavy atom. The van der Waals surface area contributed by atoms with Gasteiger partial charge in [0.05, 0.1) is 7.11 Å². The van der Waals surface area contributed by atoms with Crippen molar-refractivity contribution in [3.63, 3.8) is 0 Å². The van der Waals surface area contributed by atoms with E-state index in [1.807, 2.05) is 0 Å². The second kappa shape index (κ2) is 4.16. The van der Waals surface area contributed by atoms with Crippen LogP contribution in [0.4, 0.5) is 18.0 Å². The maximum absolute atomic E-state index is 11.9. The topological polar surface area (TPSA) is 93.1 Å². The minimum atomic E-state index is -5.61. The number of carbonyl (C=O) groups is 1. The van der Waals surface area contributed by atoms with Gasteiger partial charge in [-0.3, -0.25) is 4.57 Å². The maximum Gasteiger partial charge on any atom is 0.509 e. The minimum Gasteiger partial charge on any atom is -0.438 e. The van der Waals surface area contributed by atoms with Gasteiger partial charge in [0, 0.05) is 0 Å². The van der Waals surface area contributed by atoms with Crippen LogP contribution in [0.2, 0.25) is 0 Å². The Bertz CT molecular complexity index is 256. The summed E-state index contributed by atoms with van der Waals surface area (Å²) in [5.74, 6) is -3.50. The molecule has 0 unspecified atom stereocenters. The maximum atomic E-state index is 11.9. The SMILES string of the molecule is COC(=O)O[C@@H](C(F)(F)F)P(=O)(O)O. The monoisotopic (exact) mass is 238 g/mol. The molecule has 84 valence electrons. The van der Waals surface area contributed by atoms with Gasteiger partial charge in [-0.25, -0.2) is 4.79 Å². The predicted octanol–water partition coefficient (Wildman–Crippen LogP) is 0.835. The van der Waals surface area contributed by atoms with Crippen molar-refractivity contribution in [1.29, 1.82) is 0 Å². The Balaban J connectivity index is 4.77. The van der Waals surface area contributed by atoms with E-state index in [0.29, 0.717) is 7.11 Å². The van der Waals surface area contributed by atoms with Crippen LogP contribution in [0.1, 0.15) is 0 Å². The van der Waals surface area contributed by atoms with Crippen molar-refractivity contribution in [3.8, 4) is 0 Å². The van der Waals surface area contributed by atoms with Crippen molar-refractivity contribution < 1.29 is 41.8 Å². The summed E-state index contributed by atoms with van der Waals surface area (Å²) in [5.41, 5.74) is 0. The number of hydrogen-bond acceptors (Lipinski definition) is 4. The molecular formula is C4H6F3O6P. The van der Waals surface area contributed by atoms with Gasteiger partial charge in [0.2, 0.25) is 0 Å². The summed E-state index contributed by atoms with van der Waals surface area (Å²) in [6.45, 7) is 0. The molecule has 0 spiro atoms. The number of ether oxygens (including phenoxy) is 2. The molecule has 1 atom stereocenters. The molecule has 0 aromatic carbocycles. The van der Waals surface area contributed by atoms with Crippen LogP contribution in [0.3, 0.4) is 0 Å². The Hall–Kier alpha value is -0.790. The van der Waals surface area contributed by atoms with Crippen LogP contribution in [-0.2, 0) is 14.0 Å². The molecule has 0 aliphatic rings. The average molecular weight is 238 g/mol. The van der Waals surface area contributed by atoms with Crippen molar-refractivity contribution in [2.24, 2.45) is 0 Å². The van der Waals surface area contributed by atoms with Crippen LogP contribution in [0.15, 0.2) is 0 Å². The zero-order valence-electron chi connectivity index (χ0n) is 6.69. The first kappa shape index (κ1) is 13.2. The van der Waals surface area contributed by atoms with E-state index in [4.69, 9.17) is 9.79 Å². The van der Waals surface area contributed by atoms with Gasteiger partial charge in [-0.05, 0) is 0 Å². The van der Waals surface area contributed by atoms with E-state index in [1.54, 1.807) is 0 Å². The largest absolute Gasteiger partial charge is 0.509 e. The summed E-state index contributed by atoms with van der Waals surface area (Å²) in [4.78, 5) is 26.7. The molecule has 0 heterocycles. The van der Waals surface area contributed by atoms with E-state index in [1.165, 1.54) is 0 Å². The standard InChI is InChI=1S/C4H6F3O6P/c1-12-3(8)13-2(4(5,6)7)14(9,10)11/h2H,1H3,(H2,9,10,11)/t2-/m1/s1. The summed E-state index contributed by atoms with van der Waals surface area (Å²) in [6, 6.07) is 0. The molecule has 0 aromatic rings. The highest BCUT2D eigenvalue weighted by Crippen LogP contribution is 2.49. The van der Waals surface area contributed by atoms with Gasteiger partial charge < -0.3 is 19.3 Å². The summed E-state index contributed by atoms with van der Waals surface area (Å²) < 4.78 is 53.0. The van der Waals surface area contributed by atoms with Gasteiger partial charge in [-0.2, -0.15) is 13.2 Å². The van der Waals surface area contributed by atoms with E-state index in [0.717, 1.165) is 0 Å². The van der Waals surface area contributed by atoms with E-state index < -0.39 is 25.8 Å². The fourth-order valence-corrected chi connectivity index (χ4v) is 1.07. The second-order valence-electron chi connectivity index (χ2n) is 2.06. The molecule has 10 heteroatoms. The molecule has 2 N–H and O–H groups in total. The van der Waals surface area contributed by atoms with Crippen molar-refractivity contribution in [3.05, 3.63) is 0 Å². The minimum absolute atomic E-state index is 0.704. The van der Waals surface area contributed by atoms with E-state index in [2.05, 4.69) is 9.47 Å². The molecule has 0 rings (SSSR count). The summed E-state index contributed by atoms with van der Waals surface area (Å²) in [6.07, 6.45) is -7.18. The molecule has 0 fully saturated rings. The molecular weight excluding hydrogens is 232 g/mol. The summed E-state index contributed by atoms with van der Waals surface area (Å²) in [7, 11) is -4.91. The number of methoxy groups -OCH3 is 1. The average Bonchev–Trinajstić information content (AvgIpc) is 1.95. The third-order valence-electron chi connectivity index (χ3n) is 0.960. The summed E-state index contributed by atoms with van der Waals surface area (Å²) >= 11 is 0. The molecule has 0 saturated heterocycles. The molecule has 0 saturated carbocycles. The molecule has 0 amide bonds. The van der Waals surface area contributed by atoms with Crippen LogP contribution in [0, 0.1) is 0 Å². The lowest BCUT2D eigenvalue weighted by atomic mass is 10.7. The van der Waals surface area contributed by atoms with Crippen molar-refractivity contribution in [1.82, 2.24) is 0 Å². The summed E-state index contributed by atoms with van der Waals surface area (Å²) in [5, 5.41) is 0. The van der Waals surface area contributed by atoms with Gasteiger partial charge in [0.25, 0.3) is 5.85 Å². The highest BCUT2D eigenvalue weighted by Gasteiger charge is 2.54. The highest BCUT2D eigenvalue weighted by molar-refractivity contribution is 7.52. The first-order valence-electron chi connectivity index (χ1n) is 2.95. The lowest BCUT2D eigenvalue weighted by Crippen LogP contribution is -2.33. The van der Waals surface area contributed by atoms with Crippen LogP contribution < -0.4 is 0 Å². The Morgan fingerprint density at radius 3 is 2.07 bits per heavy atom. The number of carbonyl (C=O) groups excluding carboxylic acids is 1. The number of halogens is 3. The molecule has 6 nitrogen and oxygen atoms in total. The predicted molar refractivity (Wildman–Crippen MR) is 35.4 cm³/mol. The molecule has 0 bridgehead atoms. The van der Waals surface area contributed by atoms with E-state index in [9.17, 15) is 22.5 Å². The van der Waals surface area contributed by atoms with Crippen molar-refractivity contribution in [2.45, 2.75) is 12.0 Å². The lowest BCUT2D eigenvalue weighted by molar-refractivity contribution is -0.186. The van der Waals surface area contributed by atoms with Crippen molar-refractivity contribution in [2.75, 3.05) is 7.11 Å². The normalized spacial score (nSPS) is 14.7. The zero-order chi connectivity index (χ0) is 11.6. The van der Waals surface area contributed by atoms with Crippen LogP contribution >= 0.6 is 7.60 Å². The molecule has 0 aliphatic carbocycles. The molecule has 0 aromatic heterocycles. The van der Waals surface area contributed by atoms with E-state index in [-0.39, 0.29) is 0 Å². The van der Waals surface area contributed by atoms with E-state index >= 15 is 0 Å². The Labute approximate surface area is 75.8 Å². The number of alkyl halides is 3. The Morgan fingerprint density at radius 1 is 1.43 bits per heavy atom. The number of hydrogen-bond donors (Lipinski definition) is 2. The van der Waals surface area contributed by atoms with Crippen LogP contribution in [-0.4, -0.2) is 35.1 Å². The van der Waals surface area contributed by atoms with Crippen LogP contribution in [0.25, 0.3) is 0 Å². The molecule has 0 aliphatic heterocycles. The second-order valence-corrected chi connectivity index (χ2v) is 3.70. The third kappa shape index (κ3) is 3.95. The van der Waals surface area contributed by atoms with Gasteiger partial charge >= 0.3 is 19.9 Å². The zero-order valence-corrected chi connectivity index (χ0v) is 7.58. The van der Waals surface area contributed by atoms with Gasteiger partial charge in [-0.15, -0.1) is 0 Å². The third-order valence-corrected chi connectivity index (χ3v) is 1.97. The Kier molecular flexibility index (Phi) is 3.92. The molecule has 14 heavy (non-hydrogen) atoms. The fourth-order valence-electron chi connectivity index (χ4n) is 0.465. The molecule has 0 radical (unpaired) electrons. The lowest BCUT2D eigenvalue weighted by Gasteiger charge is -2.20.